The number of thioether (sulfide) groups is 1. The van der Waals surface area contributed by atoms with Gasteiger partial charge >= 0.3 is 12.1 Å². The summed E-state index contributed by atoms with van der Waals surface area (Å²) >= 11 is 1.32. The number of hydrogen-bond acceptors (Lipinski definition) is 7. The van der Waals surface area contributed by atoms with Crippen LogP contribution in [0.2, 0.25) is 0 Å². The number of carbonyl (C=O) groups is 5. The Bertz CT molecular complexity index is 1330. The lowest BCUT2D eigenvalue weighted by molar-refractivity contribution is -0.140. The van der Waals surface area contributed by atoms with Gasteiger partial charge in [-0.25, -0.2) is 4.79 Å². The molecule has 0 aromatic heterocycles. The monoisotopic (exact) mass is 580 g/mol. The van der Waals surface area contributed by atoms with E-state index in [0.29, 0.717) is 25.9 Å². The molecular formula is C29H32N4O7S. The summed E-state index contributed by atoms with van der Waals surface area (Å²) in [6.07, 6.45) is -0.00200. The van der Waals surface area contributed by atoms with E-state index in [1.165, 1.54) is 11.8 Å². The third kappa shape index (κ3) is 5.88. The number of amides is 4. The summed E-state index contributed by atoms with van der Waals surface area (Å²) in [4.78, 5) is 63.4. The van der Waals surface area contributed by atoms with Gasteiger partial charge in [-0.2, -0.15) is 0 Å². The molecule has 0 radical (unpaired) electrons. The molecule has 4 amide bonds. The quantitative estimate of drug-likeness (QED) is 0.407. The van der Waals surface area contributed by atoms with E-state index in [0.717, 1.165) is 22.3 Å². The van der Waals surface area contributed by atoms with Crippen LogP contribution < -0.4 is 11.1 Å². The van der Waals surface area contributed by atoms with E-state index in [1.54, 1.807) is 9.80 Å². The van der Waals surface area contributed by atoms with Crippen LogP contribution in [0.1, 0.15) is 42.7 Å². The van der Waals surface area contributed by atoms with Gasteiger partial charge in [0.05, 0.1) is 23.1 Å². The molecule has 1 aliphatic carbocycles. The van der Waals surface area contributed by atoms with Gasteiger partial charge in [-0.1, -0.05) is 48.5 Å². The predicted molar refractivity (Wildman–Crippen MR) is 151 cm³/mol. The zero-order chi connectivity index (χ0) is 29.1. The fraction of sp³-hybridized carbons (Fsp3) is 0.414. The van der Waals surface area contributed by atoms with Crippen molar-refractivity contribution in [3.05, 3.63) is 59.7 Å². The van der Waals surface area contributed by atoms with Gasteiger partial charge in [0, 0.05) is 32.0 Å². The van der Waals surface area contributed by atoms with Crippen molar-refractivity contribution in [3.63, 3.8) is 0 Å². The molecule has 0 bridgehead atoms. The average Bonchev–Trinajstić information content (AvgIpc) is 3.40. The summed E-state index contributed by atoms with van der Waals surface area (Å²) in [7, 11) is 0. The van der Waals surface area contributed by atoms with Crippen molar-refractivity contribution >= 4 is 41.5 Å². The molecule has 1 atom stereocenters. The van der Waals surface area contributed by atoms with Crippen LogP contribution in [-0.4, -0.2) is 87.6 Å². The topological polar surface area (TPSA) is 159 Å². The van der Waals surface area contributed by atoms with Gasteiger partial charge in [0.1, 0.15) is 6.61 Å². The predicted octanol–water partition coefficient (Wildman–Crippen LogP) is 2.14. The third-order valence-corrected chi connectivity index (χ3v) is 9.63. The Balaban J connectivity index is 1.22. The normalized spacial score (nSPS) is 19.1. The Morgan fingerprint density at radius 3 is 2.22 bits per heavy atom. The second kappa shape index (κ2) is 11.8. The number of nitrogens with one attached hydrogen (secondary N) is 1. The maximum Gasteiger partial charge on any atom is 0.409 e. The molecule has 2 fully saturated rings. The molecule has 41 heavy (non-hydrogen) atoms. The summed E-state index contributed by atoms with van der Waals surface area (Å²) in [6, 6.07) is 16.2. The number of carboxylic acids is 1. The number of nitrogens with zero attached hydrogens (tertiary/aromatic N) is 2. The van der Waals surface area contributed by atoms with Gasteiger partial charge in [-0.15, -0.1) is 11.8 Å². The Labute approximate surface area is 241 Å². The number of fused-ring (bicyclic) bond motifs is 3. The van der Waals surface area contributed by atoms with Crippen molar-refractivity contribution in [1.82, 2.24) is 15.1 Å². The molecule has 2 saturated heterocycles. The number of piperidine rings is 1. The number of carboxylic acid groups (broad SMARTS) is 1. The maximum absolute atomic E-state index is 13.3. The van der Waals surface area contributed by atoms with Crippen molar-refractivity contribution in [2.24, 2.45) is 5.73 Å². The van der Waals surface area contributed by atoms with E-state index in [-0.39, 0.29) is 44.4 Å². The Kier molecular flexibility index (Phi) is 8.20. The van der Waals surface area contributed by atoms with Crippen molar-refractivity contribution in [3.8, 4) is 11.1 Å². The summed E-state index contributed by atoms with van der Waals surface area (Å²) < 4.78 is 5.81. The number of benzene rings is 2. The molecule has 3 aliphatic rings. The van der Waals surface area contributed by atoms with Crippen LogP contribution in [0.3, 0.4) is 0 Å². The second-order valence-corrected chi connectivity index (χ2v) is 12.0. The standard InChI is InChI=1S/C29H32N4O7S/c30-24(34)16-31-25(35)15-23-27(38)33(12-9-26(36)37)29(41-23)10-13-32(14-11-29)28(39)40-17-22-20-7-3-1-5-18(20)19-6-2-4-8-21(19)22/h1-8,22-23H,9-17H2,(H2,30,34)(H,31,35)(H,36,37). The maximum atomic E-state index is 13.3. The fourth-order valence-electron chi connectivity index (χ4n) is 5.94. The van der Waals surface area contributed by atoms with Crippen LogP contribution >= 0.6 is 11.8 Å². The molecule has 216 valence electrons. The van der Waals surface area contributed by atoms with Crippen molar-refractivity contribution in [1.29, 1.82) is 0 Å². The average molecular weight is 581 g/mol. The smallest absolute Gasteiger partial charge is 0.409 e. The highest BCUT2D eigenvalue weighted by atomic mass is 32.2. The van der Waals surface area contributed by atoms with E-state index in [4.69, 9.17) is 10.5 Å². The van der Waals surface area contributed by atoms with Gasteiger partial charge in [0.15, 0.2) is 0 Å². The van der Waals surface area contributed by atoms with E-state index in [2.05, 4.69) is 29.6 Å². The first-order valence-corrected chi connectivity index (χ1v) is 14.4. The molecule has 2 aliphatic heterocycles. The van der Waals surface area contributed by atoms with Crippen LogP contribution in [0.25, 0.3) is 11.1 Å². The number of rotatable bonds is 9. The summed E-state index contributed by atoms with van der Waals surface area (Å²) in [5, 5.41) is 10.9. The Hall–Kier alpha value is -4.06. The summed E-state index contributed by atoms with van der Waals surface area (Å²) in [5.41, 5.74) is 9.62. The molecule has 5 rings (SSSR count). The first-order chi connectivity index (χ1) is 19.7. The molecule has 1 unspecified atom stereocenters. The van der Waals surface area contributed by atoms with Crippen LogP contribution in [0.5, 0.6) is 0 Å². The SMILES string of the molecule is NC(=O)CNC(=O)CC1SC2(CCN(C(=O)OCC3c4ccccc4-c4ccccc43)CC2)N(CCC(=O)O)C1=O. The highest BCUT2D eigenvalue weighted by Gasteiger charge is 2.53. The van der Waals surface area contributed by atoms with E-state index >= 15 is 0 Å². The lowest BCUT2D eigenvalue weighted by atomic mass is 9.98. The molecule has 12 heteroatoms. The number of nitrogens with two attached hydrogens (primary N) is 1. The molecule has 2 aromatic carbocycles. The highest BCUT2D eigenvalue weighted by Crippen LogP contribution is 2.49. The molecule has 11 nitrogen and oxygen atoms in total. The van der Waals surface area contributed by atoms with E-state index < -0.39 is 34.0 Å². The number of carbonyl (C=O) groups excluding carboxylic acids is 4. The summed E-state index contributed by atoms with van der Waals surface area (Å²) in [6.45, 7) is 0.524. The first-order valence-electron chi connectivity index (χ1n) is 13.5. The number of likely N-dealkylation sites (tertiary alicyclic amines) is 1. The molecule has 0 saturated carbocycles. The number of aliphatic carboxylic acids is 1. The van der Waals surface area contributed by atoms with E-state index in [9.17, 15) is 29.1 Å². The van der Waals surface area contributed by atoms with Crippen LogP contribution in [0, 0.1) is 0 Å². The Morgan fingerprint density at radius 2 is 1.63 bits per heavy atom. The minimum atomic E-state index is -1.03. The Morgan fingerprint density at radius 1 is 1.02 bits per heavy atom. The van der Waals surface area contributed by atoms with Crippen LogP contribution in [-0.2, 0) is 23.9 Å². The van der Waals surface area contributed by atoms with Crippen LogP contribution in [0.15, 0.2) is 48.5 Å². The van der Waals surface area contributed by atoms with Gasteiger partial charge < -0.3 is 30.7 Å². The first kappa shape index (κ1) is 28.5. The van der Waals surface area contributed by atoms with Gasteiger partial charge in [-0.05, 0) is 35.1 Å². The molecule has 2 heterocycles. The second-order valence-electron chi connectivity index (χ2n) is 10.4. The lowest BCUT2D eigenvalue weighted by Crippen LogP contribution is -2.53. The van der Waals surface area contributed by atoms with Crippen molar-refractivity contribution in [2.45, 2.75) is 41.7 Å². The number of hydrogen-bond donors (Lipinski definition) is 3. The summed E-state index contributed by atoms with van der Waals surface area (Å²) in [5.74, 6) is -2.58. The minimum absolute atomic E-state index is 0.00547. The van der Waals surface area contributed by atoms with E-state index in [1.807, 2.05) is 24.3 Å². The van der Waals surface area contributed by atoms with Gasteiger partial charge in [-0.3, -0.25) is 19.2 Å². The molecule has 4 N–H and O–H groups in total. The minimum Gasteiger partial charge on any atom is -0.481 e. The molecule has 2 aromatic rings. The molecular weight excluding hydrogens is 548 g/mol. The number of primary amides is 1. The largest absolute Gasteiger partial charge is 0.481 e. The van der Waals surface area contributed by atoms with Gasteiger partial charge in [0.25, 0.3) is 0 Å². The zero-order valence-corrected chi connectivity index (χ0v) is 23.2. The van der Waals surface area contributed by atoms with Crippen molar-refractivity contribution in [2.75, 3.05) is 32.8 Å². The van der Waals surface area contributed by atoms with Gasteiger partial charge in [0.2, 0.25) is 17.7 Å². The number of ether oxygens (including phenoxy) is 1. The molecule has 1 spiro atoms. The lowest BCUT2D eigenvalue weighted by Gasteiger charge is -2.43. The fourth-order valence-corrected chi connectivity index (χ4v) is 7.66. The van der Waals surface area contributed by atoms with Crippen LogP contribution in [0.4, 0.5) is 4.79 Å². The van der Waals surface area contributed by atoms with Crippen molar-refractivity contribution < 1.29 is 33.8 Å². The third-order valence-electron chi connectivity index (χ3n) is 7.91. The zero-order valence-electron chi connectivity index (χ0n) is 22.4. The highest BCUT2D eigenvalue weighted by molar-refractivity contribution is 8.02.